The largest absolute Gasteiger partial charge is 0.351 e. The third-order valence-electron chi connectivity index (χ3n) is 2.88. The SMILES string of the molecule is CCc1csc(N(C)CCC(N)C(C)C)n1. The van der Waals surface area contributed by atoms with Gasteiger partial charge in [-0.15, -0.1) is 11.3 Å². The van der Waals surface area contributed by atoms with Crippen LogP contribution < -0.4 is 10.6 Å². The number of thiazole rings is 1. The molecule has 1 heterocycles. The lowest BCUT2D eigenvalue weighted by atomic mass is 10.0. The van der Waals surface area contributed by atoms with Gasteiger partial charge in [-0.05, 0) is 18.8 Å². The van der Waals surface area contributed by atoms with Gasteiger partial charge in [0.25, 0.3) is 0 Å². The first kappa shape index (κ1) is 13.5. The average Bonchev–Trinajstić information content (AvgIpc) is 2.73. The third kappa shape index (κ3) is 3.76. The molecule has 1 atom stereocenters. The smallest absolute Gasteiger partial charge is 0.185 e. The maximum Gasteiger partial charge on any atom is 0.185 e. The maximum absolute atomic E-state index is 6.03. The molecule has 0 saturated heterocycles. The van der Waals surface area contributed by atoms with Gasteiger partial charge in [0.05, 0.1) is 5.69 Å². The summed E-state index contributed by atoms with van der Waals surface area (Å²) >= 11 is 1.72. The topological polar surface area (TPSA) is 42.1 Å². The predicted molar refractivity (Wildman–Crippen MR) is 72.2 cm³/mol. The zero-order chi connectivity index (χ0) is 12.1. The van der Waals surface area contributed by atoms with Gasteiger partial charge in [0.15, 0.2) is 5.13 Å². The van der Waals surface area contributed by atoms with Crippen LogP contribution in [0.2, 0.25) is 0 Å². The van der Waals surface area contributed by atoms with E-state index in [0.717, 1.165) is 24.5 Å². The predicted octanol–water partition coefficient (Wildman–Crippen LogP) is 2.52. The van der Waals surface area contributed by atoms with Crippen molar-refractivity contribution in [2.75, 3.05) is 18.5 Å². The molecule has 16 heavy (non-hydrogen) atoms. The van der Waals surface area contributed by atoms with E-state index in [2.05, 4.69) is 43.1 Å². The summed E-state index contributed by atoms with van der Waals surface area (Å²) in [5, 5.41) is 3.24. The van der Waals surface area contributed by atoms with Crippen molar-refractivity contribution in [2.24, 2.45) is 11.7 Å². The maximum atomic E-state index is 6.03. The minimum Gasteiger partial charge on any atom is -0.351 e. The second-order valence-corrected chi connectivity index (χ2v) is 5.43. The molecule has 0 aliphatic heterocycles. The number of aromatic nitrogens is 1. The number of rotatable bonds is 6. The molecule has 3 nitrogen and oxygen atoms in total. The van der Waals surface area contributed by atoms with E-state index in [1.54, 1.807) is 11.3 Å². The van der Waals surface area contributed by atoms with Crippen LogP contribution in [0.4, 0.5) is 5.13 Å². The molecule has 1 unspecified atom stereocenters. The monoisotopic (exact) mass is 241 g/mol. The summed E-state index contributed by atoms with van der Waals surface area (Å²) in [6.07, 6.45) is 2.03. The molecule has 0 saturated carbocycles. The molecule has 1 aromatic heterocycles. The fourth-order valence-corrected chi connectivity index (χ4v) is 2.31. The van der Waals surface area contributed by atoms with E-state index < -0.39 is 0 Å². The Bertz CT molecular complexity index is 309. The minimum absolute atomic E-state index is 0.285. The molecular weight excluding hydrogens is 218 g/mol. The molecule has 4 heteroatoms. The molecule has 92 valence electrons. The van der Waals surface area contributed by atoms with Crippen molar-refractivity contribution in [2.45, 2.75) is 39.7 Å². The van der Waals surface area contributed by atoms with Crippen molar-refractivity contribution in [3.05, 3.63) is 11.1 Å². The van der Waals surface area contributed by atoms with E-state index >= 15 is 0 Å². The molecule has 0 amide bonds. The fraction of sp³-hybridized carbons (Fsp3) is 0.750. The number of aryl methyl sites for hydroxylation is 1. The van der Waals surface area contributed by atoms with E-state index in [1.165, 1.54) is 5.69 Å². The molecular formula is C12H23N3S. The Labute approximate surface area is 103 Å². The Morgan fingerprint density at radius 2 is 2.19 bits per heavy atom. The van der Waals surface area contributed by atoms with Gasteiger partial charge in [-0.2, -0.15) is 0 Å². The first-order valence-electron chi connectivity index (χ1n) is 5.95. The van der Waals surface area contributed by atoms with Crippen LogP contribution in [0.3, 0.4) is 0 Å². The molecule has 1 rings (SSSR count). The van der Waals surface area contributed by atoms with Crippen LogP contribution in [-0.4, -0.2) is 24.6 Å². The quantitative estimate of drug-likeness (QED) is 0.832. The summed E-state index contributed by atoms with van der Waals surface area (Å²) in [5.41, 5.74) is 7.21. The van der Waals surface area contributed by atoms with E-state index in [4.69, 9.17) is 5.73 Å². The summed E-state index contributed by atoms with van der Waals surface area (Å²) in [6.45, 7) is 7.45. The number of anilines is 1. The summed E-state index contributed by atoms with van der Waals surface area (Å²) in [6, 6.07) is 0.285. The number of nitrogens with two attached hydrogens (primary N) is 1. The zero-order valence-corrected chi connectivity index (χ0v) is 11.5. The van der Waals surface area contributed by atoms with E-state index in [0.29, 0.717) is 5.92 Å². The van der Waals surface area contributed by atoms with Crippen LogP contribution in [0.25, 0.3) is 0 Å². The Hall–Kier alpha value is -0.610. The van der Waals surface area contributed by atoms with Crippen LogP contribution in [0.5, 0.6) is 0 Å². The molecule has 0 radical (unpaired) electrons. The molecule has 0 spiro atoms. The number of hydrogen-bond donors (Lipinski definition) is 1. The van der Waals surface area contributed by atoms with Crippen molar-refractivity contribution in [3.8, 4) is 0 Å². The van der Waals surface area contributed by atoms with Crippen LogP contribution in [0, 0.1) is 5.92 Å². The first-order chi connectivity index (χ1) is 7.54. The molecule has 0 aliphatic rings. The lowest BCUT2D eigenvalue weighted by Crippen LogP contribution is -2.31. The van der Waals surface area contributed by atoms with E-state index in [9.17, 15) is 0 Å². The Morgan fingerprint density at radius 1 is 1.50 bits per heavy atom. The lowest BCUT2D eigenvalue weighted by Gasteiger charge is -2.20. The third-order valence-corrected chi connectivity index (χ3v) is 3.89. The van der Waals surface area contributed by atoms with Gasteiger partial charge >= 0.3 is 0 Å². The highest BCUT2D eigenvalue weighted by molar-refractivity contribution is 7.13. The second-order valence-electron chi connectivity index (χ2n) is 4.59. The standard InChI is InChI=1S/C12H23N3S/c1-5-10-8-16-12(14-10)15(4)7-6-11(13)9(2)3/h8-9,11H,5-7,13H2,1-4H3. The Balaban J connectivity index is 2.43. The van der Waals surface area contributed by atoms with Crippen molar-refractivity contribution in [3.63, 3.8) is 0 Å². The van der Waals surface area contributed by atoms with Gasteiger partial charge < -0.3 is 10.6 Å². The van der Waals surface area contributed by atoms with Gasteiger partial charge in [0, 0.05) is 25.0 Å². The average molecular weight is 241 g/mol. The minimum atomic E-state index is 0.285. The van der Waals surface area contributed by atoms with Gasteiger partial charge in [-0.25, -0.2) is 4.98 Å². The van der Waals surface area contributed by atoms with E-state index in [-0.39, 0.29) is 6.04 Å². The Morgan fingerprint density at radius 3 is 2.69 bits per heavy atom. The second kappa shape index (κ2) is 6.21. The van der Waals surface area contributed by atoms with Crippen LogP contribution >= 0.6 is 11.3 Å². The molecule has 0 aromatic carbocycles. The normalized spacial score (nSPS) is 13.1. The highest BCUT2D eigenvalue weighted by Crippen LogP contribution is 2.20. The molecule has 0 aliphatic carbocycles. The first-order valence-corrected chi connectivity index (χ1v) is 6.83. The molecule has 0 bridgehead atoms. The number of hydrogen-bond acceptors (Lipinski definition) is 4. The van der Waals surface area contributed by atoms with Gasteiger partial charge in [-0.1, -0.05) is 20.8 Å². The van der Waals surface area contributed by atoms with Crippen molar-refractivity contribution < 1.29 is 0 Å². The molecule has 1 aromatic rings. The zero-order valence-electron chi connectivity index (χ0n) is 10.7. The lowest BCUT2D eigenvalue weighted by molar-refractivity contribution is 0.466. The summed E-state index contributed by atoms with van der Waals surface area (Å²) in [7, 11) is 2.09. The molecule has 2 N–H and O–H groups in total. The van der Waals surface area contributed by atoms with Gasteiger partial charge in [0.2, 0.25) is 0 Å². The van der Waals surface area contributed by atoms with Gasteiger partial charge in [-0.3, -0.25) is 0 Å². The summed E-state index contributed by atoms with van der Waals surface area (Å²) in [5.74, 6) is 0.552. The van der Waals surface area contributed by atoms with Gasteiger partial charge in [0.1, 0.15) is 0 Å². The molecule has 0 fully saturated rings. The van der Waals surface area contributed by atoms with Crippen LogP contribution in [0.1, 0.15) is 32.9 Å². The fourth-order valence-electron chi connectivity index (χ4n) is 1.41. The highest BCUT2D eigenvalue weighted by Gasteiger charge is 2.11. The number of nitrogens with zero attached hydrogens (tertiary/aromatic N) is 2. The van der Waals surface area contributed by atoms with Crippen molar-refractivity contribution in [1.29, 1.82) is 0 Å². The Kier molecular flexibility index (Phi) is 5.22. The van der Waals surface area contributed by atoms with Crippen LogP contribution in [-0.2, 0) is 6.42 Å². The van der Waals surface area contributed by atoms with Crippen molar-refractivity contribution in [1.82, 2.24) is 4.98 Å². The highest BCUT2D eigenvalue weighted by atomic mass is 32.1. The van der Waals surface area contributed by atoms with Crippen LogP contribution in [0.15, 0.2) is 5.38 Å². The summed E-state index contributed by atoms with van der Waals surface area (Å²) < 4.78 is 0. The van der Waals surface area contributed by atoms with E-state index in [1.807, 2.05) is 0 Å². The summed E-state index contributed by atoms with van der Waals surface area (Å²) in [4.78, 5) is 6.76. The van der Waals surface area contributed by atoms with Crippen molar-refractivity contribution >= 4 is 16.5 Å².